The summed E-state index contributed by atoms with van der Waals surface area (Å²) in [6.45, 7) is 10.8. The summed E-state index contributed by atoms with van der Waals surface area (Å²) in [5.41, 5.74) is 4.74. The van der Waals surface area contributed by atoms with Crippen LogP contribution < -0.4 is 0 Å². The summed E-state index contributed by atoms with van der Waals surface area (Å²) in [4.78, 5) is 13.6. The number of hydrogen-bond donors (Lipinski definition) is 1. The Balaban J connectivity index is 1.68. The number of aromatic carboxylic acids is 1. The predicted molar refractivity (Wildman–Crippen MR) is 94.0 cm³/mol. The third kappa shape index (κ3) is 3.56. The number of rotatable bonds is 4. The van der Waals surface area contributed by atoms with Crippen molar-refractivity contribution in [2.24, 2.45) is 5.41 Å². The molecule has 0 aromatic carbocycles. The molecule has 2 aliphatic rings. The van der Waals surface area contributed by atoms with Gasteiger partial charge in [0, 0.05) is 26.2 Å². The van der Waals surface area contributed by atoms with Gasteiger partial charge in [0.15, 0.2) is 5.69 Å². The maximum absolute atomic E-state index is 11.1. The summed E-state index contributed by atoms with van der Waals surface area (Å²) < 4.78 is 1.87. The first kappa shape index (κ1) is 17.2. The third-order valence-electron chi connectivity index (χ3n) is 5.68. The van der Waals surface area contributed by atoms with Gasteiger partial charge in [-0.2, -0.15) is 5.10 Å². The highest BCUT2D eigenvalue weighted by atomic mass is 16.4. The summed E-state index contributed by atoms with van der Waals surface area (Å²) in [5.74, 6) is -0.938. The van der Waals surface area contributed by atoms with E-state index < -0.39 is 5.97 Å². The van der Waals surface area contributed by atoms with Crippen LogP contribution in [-0.4, -0.2) is 38.8 Å². The second-order valence-corrected chi connectivity index (χ2v) is 7.93. The molecule has 0 amide bonds. The van der Waals surface area contributed by atoms with Gasteiger partial charge in [-0.25, -0.2) is 4.79 Å². The molecular weight excluding hydrogens is 302 g/mol. The van der Waals surface area contributed by atoms with E-state index in [0.717, 1.165) is 44.7 Å². The van der Waals surface area contributed by atoms with Crippen molar-refractivity contribution < 1.29 is 9.90 Å². The molecule has 2 heterocycles. The monoisotopic (exact) mass is 331 g/mol. The van der Waals surface area contributed by atoms with Gasteiger partial charge in [0.2, 0.25) is 0 Å². The molecule has 0 saturated carbocycles. The van der Waals surface area contributed by atoms with Crippen LogP contribution in [0, 0.1) is 5.41 Å². The van der Waals surface area contributed by atoms with Gasteiger partial charge in [-0.15, -0.1) is 0 Å². The van der Waals surface area contributed by atoms with Crippen LogP contribution in [0.25, 0.3) is 0 Å². The lowest BCUT2D eigenvalue weighted by Gasteiger charge is -2.35. The van der Waals surface area contributed by atoms with Crippen LogP contribution in [-0.2, 0) is 13.1 Å². The summed E-state index contributed by atoms with van der Waals surface area (Å²) in [5, 5.41) is 13.3. The molecule has 132 valence electrons. The summed E-state index contributed by atoms with van der Waals surface area (Å²) in [7, 11) is 0. The highest BCUT2D eigenvalue weighted by molar-refractivity contribution is 5.85. The molecular formula is C19H29N3O2. The highest BCUT2D eigenvalue weighted by Gasteiger charge is 2.28. The quantitative estimate of drug-likeness (QED) is 0.855. The van der Waals surface area contributed by atoms with Gasteiger partial charge in [-0.1, -0.05) is 25.0 Å². The van der Waals surface area contributed by atoms with Crippen LogP contribution in [0.2, 0.25) is 0 Å². The molecule has 24 heavy (non-hydrogen) atoms. The summed E-state index contributed by atoms with van der Waals surface area (Å²) >= 11 is 0. The van der Waals surface area contributed by atoms with Crippen molar-refractivity contribution in [3.05, 3.63) is 28.6 Å². The van der Waals surface area contributed by atoms with Gasteiger partial charge < -0.3 is 5.11 Å². The Labute approximate surface area is 144 Å². The normalized spacial score (nSPS) is 21.5. The minimum atomic E-state index is -0.938. The van der Waals surface area contributed by atoms with E-state index in [4.69, 9.17) is 5.11 Å². The van der Waals surface area contributed by atoms with Gasteiger partial charge >= 0.3 is 5.97 Å². The Kier molecular flexibility index (Phi) is 4.81. The molecule has 0 radical (unpaired) electrons. The molecule has 0 saturated heterocycles. The molecule has 1 aliphatic heterocycles. The van der Waals surface area contributed by atoms with Gasteiger partial charge in [0.05, 0.1) is 5.69 Å². The fraction of sp³-hybridized carbons (Fsp3) is 0.684. The Hall–Kier alpha value is -1.62. The number of hydrogen-bond acceptors (Lipinski definition) is 3. The van der Waals surface area contributed by atoms with E-state index >= 15 is 0 Å². The first-order valence-corrected chi connectivity index (χ1v) is 9.08. The maximum atomic E-state index is 11.1. The van der Waals surface area contributed by atoms with Gasteiger partial charge in [-0.3, -0.25) is 9.58 Å². The highest BCUT2D eigenvalue weighted by Crippen LogP contribution is 2.41. The second-order valence-electron chi connectivity index (χ2n) is 7.93. The van der Waals surface area contributed by atoms with Crippen molar-refractivity contribution in [1.29, 1.82) is 0 Å². The van der Waals surface area contributed by atoms with Crippen LogP contribution in [0.4, 0.5) is 0 Å². The van der Waals surface area contributed by atoms with Crippen LogP contribution in [0.5, 0.6) is 0 Å². The van der Waals surface area contributed by atoms with Crippen molar-refractivity contribution in [2.45, 2.75) is 66.0 Å². The molecule has 1 aliphatic carbocycles. The number of fused-ring (bicyclic) bond motifs is 1. The molecule has 3 rings (SSSR count). The Morgan fingerprint density at radius 2 is 2.12 bits per heavy atom. The fourth-order valence-corrected chi connectivity index (χ4v) is 4.32. The summed E-state index contributed by atoms with van der Waals surface area (Å²) in [6, 6.07) is 1.73. The molecule has 5 heteroatoms. The number of allylic oxidation sites excluding steroid dienone is 1. The molecule has 1 N–H and O–H groups in total. The Morgan fingerprint density at radius 3 is 2.83 bits per heavy atom. The Morgan fingerprint density at radius 1 is 1.33 bits per heavy atom. The second kappa shape index (κ2) is 6.71. The predicted octanol–water partition coefficient (Wildman–Crippen LogP) is 3.70. The molecule has 1 aromatic heterocycles. The standard InChI is InChI=1S/C19H29N3O2/c1-14-6-4-8-19(2,3)16(14)7-11-21-9-5-10-22-15(13-21)12-17(20-22)18(23)24/h12H,4-11,13H2,1-3H3,(H,23,24). The lowest BCUT2D eigenvalue weighted by atomic mass is 9.71. The lowest BCUT2D eigenvalue weighted by Crippen LogP contribution is -2.28. The number of aromatic nitrogens is 2. The molecule has 0 bridgehead atoms. The van der Waals surface area contributed by atoms with Crippen LogP contribution >= 0.6 is 0 Å². The first-order chi connectivity index (χ1) is 11.4. The van der Waals surface area contributed by atoms with Crippen LogP contribution in [0.1, 0.15) is 69.1 Å². The van der Waals surface area contributed by atoms with Crippen LogP contribution in [0.15, 0.2) is 17.2 Å². The van der Waals surface area contributed by atoms with E-state index in [1.165, 1.54) is 19.3 Å². The first-order valence-electron chi connectivity index (χ1n) is 9.08. The lowest BCUT2D eigenvalue weighted by molar-refractivity contribution is 0.0689. The minimum absolute atomic E-state index is 0.166. The maximum Gasteiger partial charge on any atom is 0.356 e. The smallest absolute Gasteiger partial charge is 0.356 e. The summed E-state index contributed by atoms with van der Waals surface area (Å²) in [6.07, 6.45) is 5.99. The van der Waals surface area contributed by atoms with Crippen molar-refractivity contribution in [2.75, 3.05) is 13.1 Å². The topological polar surface area (TPSA) is 58.4 Å². The van der Waals surface area contributed by atoms with E-state index in [0.29, 0.717) is 5.41 Å². The molecule has 0 spiro atoms. The van der Waals surface area contributed by atoms with E-state index in [-0.39, 0.29) is 5.69 Å². The zero-order chi connectivity index (χ0) is 17.3. The van der Waals surface area contributed by atoms with Crippen molar-refractivity contribution in [1.82, 2.24) is 14.7 Å². The fourth-order valence-electron chi connectivity index (χ4n) is 4.32. The molecule has 0 unspecified atom stereocenters. The average Bonchev–Trinajstić information content (AvgIpc) is 2.80. The zero-order valence-electron chi connectivity index (χ0n) is 15.1. The Bertz CT molecular complexity index is 658. The average molecular weight is 331 g/mol. The molecule has 0 atom stereocenters. The molecule has 1 aromatic rings. The van der Waals surface area contributed by atoms with E-state index in [9.17, 15) is 4.79 Å². The van der Waals surface area contributed by atoms with E-state index in [1.54, 1.807) is 17.2 Å². The van der Waals surface area contributed by atoms with Crippen molar-refractivity contribution >= 4 is 5.97 Å². The number of carboxylic acids is 1. The number of carbonyl (C=O) groups is 1. The SMILES string of the molecule is CC1=C(CCN2CCCn3nc(C(=O)O)cc3C2)C(C)(C)CCC1. The number of nitrogens with zero attached hydrogens (tertiary/aromatic N) is 3. The number of carboxylic acid groups (broad SMARTS) is 1. The van der Waals surface area contributed by atoms with E-state index in [1.807, 2.05) is 4.68 Å². The largest absolute Gasteiger partial charge is 0.476 e. The zero-order valence-corrected chi connectivity index (χ0v) is 15.1. The van der Waals surface area contributed by atoms with Crippen molar-refractivity contribution in [3.63, 3.8) is 0 Å². The van der Waals surface area contributed by atoms with E-state index in [2.05, 4.69) is 30.8 Å². The van der Waals surface area contributed by atoms with Gasteiger partial charge in [0.25, 0.3) is 0 Å². The van der Waals surface area contributed by atoms with Crippen molar-refractivity contribution in [3.8, 4) is 0 Å². The number of aryl methyl sites for hydroxylation is 1. The third-order valence-corrected chi connectivity index (χ3v) is 5.68. The molecule has 0 fully saturated rings. The minimum Gasteiger partial charge on any atom is -0.476 e. The van der Waals surface area contributed by atoms with Crippen LogP contribution in [0.3, 0.4) is 0 Å². The van der Waals surface area contributed by atoms with Gasteiger partial charge in [0.1, 0.15) is 0 Å². The molecule has 5 nitrogen and oxygen atoms in total. The van der Waals surface area contributed by atoms with Gasteiger partial charge in [-0.05, 0) is 50.5 Å².